The summed E-state index contributed by atoms with van der Waals surface area (Å²) in [5, 5.41) is 30.5. The van der Waals surface area contributed by atoms with Crippen LogP contribution < -0.4 is 11.2 Å². The van der Waals surface area contributed by atoms with Gasteiger partial charge in [0.15, 0.2) is 5.69 Å². The number of nitrogen functional groups attached to an aromatic ring is 1. The van der Waals surface area contributed by atoms with Crippen LogP contribution in [0.25, 0.3) is 17.1 Å². The molecule has 166 valence electrons. The van der Waals surface area contributed by atoms with Gasteiger partial charge in [0.05, 0.1) is 21.2 Å². The largest absolute Gasteiger partial charge is 0.378 e. The third-order valence-electron chi connectivity index (χ3n) is 4.26. The van der Waals surface area contributed by atoms with E-state index in [-0.39, 0.29) is 28.7 Å². The van der Waals surface area contributed by atoms with Gasteiger partial charge in [0.25, 0.3) is 11.6 Å². The summed E-state index contributed by atoms with van der Waals surface area (Å²) < 4.78 is 5.73. The number of rotatable bonds is 6. The number of carbonyl (C=O) groups is 1. The third-order valence-corrected chi connectivity index (χ3v) is 5.00. The first kappa shape index (κ1) is 21.9. The smallest absolute Gasteiger partial charge is 0.294 e. The number of benzene rings is 2. The number of nitrogens with two attached hydrogens (primary N) is 1. The summed E-state index contributed by atoms with van der Waals surface area (Å²) in [6, 6.07) is 10.2. The molecule has 1 amide bonds. The molecule has 3 N–H and O–H groups in total. The summed E-state index contributed by atoms with van der Waals surface area (Å²) in [6.45, 7) is 0. The van der Waals surface area contributed by atoms with Crippen LogP contribution in [-0.2, 0) is 0 Å². The van der Waals surface area contributed by atoms with E-state index in [1.54, 1.807) is 18.2 Å². The number of carbonyl (C=O) groups excluding carboxylic acids is 1. The normalized spacial score (nSPS) is 11.1. The van der Waals surface area contributed by atoms with Crippen molar-refractivity contribution in [1.29, 1.82) is 0 Å². The molecule has 0 aliphatic heterocycles. The maximum atomic E-state index is 12.8. The van der Waals surface area contributed by atoms with Gasteiger partial charge in [0.1, 0.15) is 5.69 Å². The number of nitrogens with zero attached hydrogens (tertiary/aromatic N) is 7. The summed E-state index contributed by atoms with van der Waals surface area (Å²) >= 11 is 11.8. The molecular formula is C18H11Cl2N9O4. The molecule has 13 nitrogen and oxygen atoms in total. The number of halogens is 2. The van der Waals surface area contributed by atoms with Crippen LogP contribution in [0.1, 0.15) is 16.1 Å². The first-order valence-electron chi connectivity index (χ1n) is 8.92. The van der Waals surface area contributed by atoms with Gasteiger partial charge in [-0.1, -0.05) is 34.5 Å². The van der Waals surface area contributed by atoms with Crippen molar-refractivity contribution in [3.8, 4) is 17.1 Å². The van der Waals surface area contributed by atoms with Crippen LogP contribution in [0.15, 0.2) is 52.2 Å². The molecule has 2 aromatic heterocycles. The quantitative estimate of drug-likeness (QED) is 0.234. The van der Waals surface area contributed by atoms with Crippen molar-refractivity contribution in [3.05, 3.63) is 73.9 Å². The molecule has 0 saturated carbocycles. The zero-order chi connectivity index (χ0) is 23.5. The van der Waals surface area contributed by atoms with Crippen LogP contribution in [-0.4, -0.2) is 42.4 Å². The fourth-order valence-electron chi connectivity index (χ4n) is 2.73. The Kier molecular flexibility index (Phi) is 5.97. The van der Waals surface area contributed by atoms with Crippen LogP contribution in [0.2, 0.25) is 10.0 Å². The van der Waals surface area contributed by atoms with E-state index in [0.29, 0.717) is 21.2 Å². The number of nitro benzene ring substituents is 1. The van der Waals surface area contributed by atoms with Gasteiger partial charge in [-0.2, -0.15) is 9.78 Å². The maximum absolute atomic E-state index is 12.8. The van der Waals surface area contributed by atoms with Crippen LogP contribution in [0.4, 0.5) is 11.5 Å². The molecule has 0 bridgehead atoms. The molecule has 2 heterocycles. The number of hydrogen-bond donors (Lipinski definition) is 2. The Labute approximate surface area is 193 Å². The van der Waals surface area contributed by atoms with E-state index in [0.717, 1.165) is 4.68 Å². The van der Waals surface area contributed by atoms with E-state index < -0.39 is 10.8 Å². The van der Waals surface area contributed by atoms with Crippen LogP contribution >= 0.6 is 23.2 Å². The van der Waals surface area contributed by atoms with Gasteiger partial charge in [-0.3, -0.25) is 14.9 Å². The molecule has 0 radical (unpaired) electrons. The lowest BCUT2D eigenvalue weighted by molar-refractivity contribution is -0.384. The summed E-state index contributed by atoms with van der Waals surface area (Å²) in [4.78, 5) is 23.2. The topological polar surface area (TPSA) is 180 Å². The summed E-state index contributed by atoms with van der Waals surface area (Å²) in [6.07, 6.45) is 1.36. The zero-order valence-corrected chi connectivity index (χ0v) is 17.7. The molecular weight excluding hydrogens is 477 g/mol. The first-order valence-corrected chi connectivity index (χ1v) is 9.68. The number of nitro groups is 1. The van der Waals surface area contributed by atoms with Gasteiger partial charge in [-0.25, -0.2) is 10.1 Å². The summed E-state index contributed by atoms with van der Waals surface area (Å²) in [5.41, 5.74) is 8.87. The Morgan fingerprint density at radius 1 is 1.18 bits per heavy atom. The highest BCUT2D eigenvalue weighted by Crippen LogP contribution is 2.28. The minimum absolute atomic E-state index is 0.0192. The number of nitrogens with one attached hydrogen (secondary N) is 1. The molecule has 0 saturated heterocycles. The number of hydrazone groups is 1. The number of aromatic nitrogens is 5. The van der Waals surface area contributed by atoms with Crippen molar-refractivity contribution in [1.82, 2.24) is 30.7 Å². The highest BCUT2D eigenvalue weighted by molar-refractivity contribution is 6.42. The van der Waals surface area contributed by atoms with E-state index in [2.05, 4.69) is 35.8 Å². The van der Waals surface area contributed by atoms with E-state index in [9.17, 15) is 14.9 Å². The lowest BCUT2D eigenvalue weighted by Crippen LogP contribution is -2.19. The summed E-state index contributed by atoms with van der Waals surface area (Å²) in [5.74, 6) is -0.845. The molecule has 4 aromatic rings. The molecule has 15 heteroatoms. The van der Waals surface area contributed by atoms with Crippen LogP contribution in [0.3, 0.4) is 0 Å². The average Bonchev–Trinajstić information content (AvgIpc) is 3.42. The summed E-state index contributed by atoms with van der Waals surface area (Å²) in [7, 11) is 0. The van der Waals surface area contributed by atoms with Crippen molar-refractivity contribution in [2.24, 2.45) is 5.10 Å². The highest BCUT2D eigenvalue weighted by Gasteiger charge is 2.25. The molecule has 0 atom stereocenters. The number of non-ortho nitro benzene ring substituents is 1. The highest BCUT2D eigenvalue weighted by atomic mass is 35.5. The van der Waals surface area contributed by atoms with E-state index in [1.165, 1.54) is 30.5 Å². The molecule has 0 aliphatic rings. The predicted octanol–water partition coefficient (Wildman–Crippen LogP) is 2.88. The van der Waals surface area contributed by atoms with E-state index in [4.69, 9.17) is 28.9 Å². The SMILES string of the molecule is Nc1nonc1-n1nnc(C(=O)NN=Cc2ccc(Cl)c(Cl)c2)c1-c1ccc([N+](=O)[O-])cc1. The predicted molar refractivity (Wildman–Crippen MR) is 117 cm³/mol. The molecule has 0 fully saturated rings. The second-order valence-electron chi connectivity index (χ2n) is 6.35. The number of hydrogen-bond acceptors (Lipinski definition) is 10. The maximum Gasteiger partial charge on any atom is 0.294 e. The van der Waals surface area contributed by atoms with Gasteiger partial charge >= 0.3 is 0 Å². The zero-order valence-electron chi connectivity index (χ0n) is 16.2. The minimum atomic E-state index is -0.721. The van der Waals surface area contributed by atoms with Crippen molar-refractivity contribution < 1.29 is 14.3 Å². The molecule has 0 spiro atoms. The van der Waals surface area contributed by atoms with Crippen molar-refractivity contribution in [3.63, 3.8) is 0 Å². The monoisotopic (exact) mass is 487 g/mol. The van der Waals surface area contributed by atoms with Gasteiger partial charge in [0.2, 0.25) is 11.6 Å². The lowest BCUT2D eigenvalue weighted by atomic mass is 10.1. The minimum Gasteiger partial charge on any atom is -0.378 e. The third kappa shape index (κ3) is 4.49. The van der Waals surface area contributed by atoms with Crippen molar-refractivity contribution >= 4 is 46.8 Å². The average molecular weight is 488 g/mol. The fraction of sp³-hybridized carbons (Fsp3) is 0. The van der Waals surface area contributed by atoms with Crippen molar-refractivity contribution in [2.45, 2.75) is 0 Å². The Hall–Kier alpha value is -4.36. The molecule has 2 aromatic carbocycles. The Balaban J connectivity index is 1.68. The van der Waals surface area contributed by atoms with E-state index in [1.807, 2.05) is 0 Å². The van der Waals surface area contributed by atoms with Crippen LogP contribution in [0.5, 0.6) is 0 Å². The van der Waals surface area contributed by atoms with Crippen molar-refractivity contribution in [2.75, 3.05) is 5.73 Å². The van der Waals surface area contributed by atoms with Gasteiger partial charge in [0, 0.05) is 17.7 Å². The molecule has 0 unspecified atom stereocenters. The van der Waals surface area contributed by atoms with E-state index >= 15 is 0 Å². The molecule has 4 rings (SSSR count). The number of amides is 1. The van der Waals surface area contributed by atoms with Gasteiger partial charge < -0.3 is 5.73 Å². The van der Waals surface area contributed by atoms with Gasteiger partial charge in [-0.15, -0.1) is 5.10 Å². The molecule has 0 aliphatic carbocycles. The Bertz CT molecular complexity index is 1380. The molecule has 33 heavy (non-hydrogen) atoms. The fourth-order valence-corrected chi connectivity index (χ4v) is 3.04. The first-order chi connectivity index (χ1) is 15.8. The second kappa shape index (κ2) is 9.02. The standard InChI is InChI=1S/C18H11Cl2N9O4/c19-12-6-1-9(7-13(12)20)8-22-24-18(30)14-15(10-2-4-11(5-3-10)29(31)32)28(27-23-14)17-16(21)25-33-26-17/h1-8H,(H2,21,25)(H,24,30). The number of anilines is 1. The lowest BCUT2D eigenvalue weighted by Gasteiger charge is -2.05. The Morgan fingerprint density at radius 3 is 2.58 bits per heavy atom. The van der Waals surface area contributed by atoms with Crippen LogP contribution in [0, 0.1) is 10.1 Å². The second-order valence-corrected chi connectivity index (χ2v) is 7.16. The Morgan fingerprint density at radius 2 is 1.94 bits per heavy atom. The van der Waals surface area contributed by atoms with Gasteiger partial charge in [-0.05, 0) is 40.1 Å².